The van der Waals surface area contributed by atoms with Gasteiger partial charge in [-0.15, -0.1) is 0 Å². The Hall–Kier alpha value is -1.75. The van der Waals surface area contributed by atoms with Crippen molar-refractivity contribution in [3.8, 4) is 0 Å². The molecule has 140 valence electrons. The van der Waals surface area contributed by atoms with E-state index in [9.17, 15) is 9.59 Å². The molecule has 0 radical (unpaired) electrons. The second-order valence-corrected chi connectivity index (χ2v) is 8.87. The molecule has 2 aliphatic heterocycles. The molecule has 1 amide bonds. The number of benzene rings is 1. The van der Waals surface area contributed by atoms with Crippen molar-refractivity contribution in [3.05, 3.63) is 29.3 Å². The van der Waals surface area contributed by atoms with Crippen LogP contribution in [0, 0.1) is 10.8 Å². The predicted octanol–water partition coefficient (Wildman–Crippen LogP) is 3.11. The van der Waals surface area contributed by atoms with Crippen molar-refractivity contribution in [2.24, 2.45) is 10.8 Å². The molecule has 5 nitrogen and oxygen atoms in total. The molecule has 6 heteroatoms. The van der Waals surface area contributed by atoms with Crippen molar-refractivity contribution in [1.29, 1.82) is 0 Å². The van der Waals surface area contributed by atoms with E-state index in [2.05, 4.69) is 4.90 Å². The Morgan fingerprint density at radius 2 is 1.81 bits per heavy atom. The number of carbonyl (C=O) groups is 2. The van der Waals surface area contributed by atoms with Crippen LogP contribution in [0.4, 0.5) is 5.69 Å². The average Bonchev–Trinajstić information content (AvgIpc) is 2.91. The minimum atomic E-state index is -1.00. The minimum absolute atomic E-state index is 0.0252. The van der Waals surface area contributed by atoms with Gasteiger partial charge in [-0.3, -0.25) is 9.59 Å². The van der Waals surface area contributed by atoms with Gasteiger partial charge >= 0.3 is 5.97 Å². The zero-order chi connectivity index (χ0) is 18.7. The summed E-state index contributed by atoms with van der Waals surface area (Å²) >= 11 is 6.09. The number of anilines is 1. The molecule has 4 rings (SSSR count). The third-order valence-corrected chi connectivity index (χ3v) is 7.40. The Morgan fingerprint density at radius 3 is 2.35 bits per heavy atom. The quantitative estimate of drug-likeness (QED) is 0.744. The molecule has 3 fully saturated rings. The number of fused-ring (bicyclic) bond motifs is 2. The molecule has 1 aromatic rings. The summed E-state index contributed by atoms with van der Waals surface area (Å²) in [5.74, 6) is -0.248. The second kappa shape index (κ2) is 5.62. The van der Waals surface area contributed by atoms with Crippen LogP contribution < -0.4 is 4.90 Å². The number of piperazine rings is 1. The molecule has 1 aliphatic carbocycles. The van der Waals surface area contributed by atoms with Crippen LogP contribution in [0.3, 0.4) is 0 Å². The minimum Gasteiger partial charge on any atom is -0.448 e. The summed E-state index contributed by atoms with van der Waals surface area (Å²) < 4.78 is 5.75. The van der Waals surface area contributed by atoms with E-state index in [1.165, 1.54) is 0 Å². The third kappa shape index (κ3) is 2.16. The van der Waals surface area contributed by atoms with Gasteiger partial charge in [0.25, 0.3) is 5.91 Å². The van der Waals surface area contributed by atoms with Crippen LogP contribution >= 0.6 is 11.6 Å². The number of rotatable bonds is 2. The molecule has 2 heterocycles. The fourth-order valence-corrected chi connectivity index (χ4v) is 5.00. The Bertz CT molecular complexity index is 772. The molecular weight excluding hydrogens is 352 g/mol. The molecule has 0 aromatic heterocycles. The molecule has 1 saturated carbocycles. The van der Waals surface area contributed by atoms with Gasteiger partial charge in [-0.2, -0.15) is 0 Å². The zero-order valence-electron chi connectivity index (χ0n) is 15.5. The van der Waals surface area contributed by atoms with E-state index in [0.717, 1.165) is 18.8 Å². The lowest BCUT2D eigenvalue weighted by molar-refractivity contribution is -0.174. The lowest BCUT2D eigenvalue weighted by Crippen LogP contribution is -2.59. The molecule has 2 atom stereocenters. The first-order valence-electron chi connectivity index (χ1n) is 9.25. The van der Waals surface area contributed by atoms with Gasteiger partial charge in [0.15, 0.2) is 5.60 Å². The summed E-state index contributed by atoms with van der Waals surface area (Å²) in [6.07, 6.45) is 1.34. The van der Waals surface area contributed by atoms with Crippen LogP contribution in [-0.4, -0.2) is 48.6 Å². The summed E-state index contributed by atoms with van der Waals surface area (Å²) in [7, 11) is 0. The summed E-state index contributed by atoms with van der Waals surface area (Å²) in [6.45, 7) is 8.68. The molecule has 0 unspecified atom stereocenters. The number of hydrogen-bond donors (Lipinski definition) is 0. The van der Waals surface area contributed by atoms with E-state index in [4.69, 9.17) is 16.3 Å². The van der Waals surface area contributed by atoms with Crippen LogP contribution in [0.15, 0.2) is 24.3 Å². The number of amides is 1. The van der Waals surface area contributed by atoms with Gasteiger partial charge in [-0.25, -0.2) is 0 Å². The van der Waals surface area contributed by atoms with E-state index in [0.29, 0.717) is 31.0 Å². The maximum Gasteiger partial charge on any atom is 0.313 e. The molecule has 3 aliphatic rings. The Balaban J connectivity index is 1.50. The maximum atomic E-state index is 13.4. The maximum absolute atomic E-state index is 13.4. The average molecular weight is 377 g/mol. The van der Waals surface area contributed by atoms with Gasteiger partial charge in [0.05, 0.1) is 5.41 Å². The summed E-state index contributed by atoms with van der Waals surface area (Å²) in [4.78, 5) is 29.9. The van der Waals surface area contributed by atoms with Crippen molar-refractivity contribution in [3.63, 3.8) is 0 Å². The fraction of sp³-hybridized carbons (Fsp3) is 0.600. The smallest absolute Gasteiger partial charge is 0.313 e. The monoisotopic (exact) mass is 376 g/mol. The van der Waals surface area contributed by atoms with Crippen molar-refractivity contribution >= 4 is 29.2 Å². The highest BCUT2D eigenvalue weighted by atomic mass is 35.5. The lowest BCUT2D eigenvalue weighted by Gasteiger charge is -2.42. The summed E-state index contributed by atoms with van der Waals surface area (Å²) in [5.41, 5.74) is -0.982. The van der Waals surface area contributed by atoms with E-state index in [1.807, 2.05) is 49.9 Å². The summed E-state index contributed by atoms with van der Waals surface area (Å²) in [5, 5.41) is 0.713. The standard InChI is InChI=1S/C20H25ClN2O3/c1-18(2)19(3)7-8-20(18,26-17(19)25)16(24)23-11-9-22(10-12-23)15-6-4-5-14(21)13-15/h4-6,13H,7-12H2,1-3H3/t19-,20-/m1/s1. The molecular formula is C20H25ClN2O3. The number of halogens is 1. The fourth-order valence-electron chi connectivity index (χ4n) is 4.82. The zero-order valence-corrected chi connectivity index (χ0v) is 16.3. The SMILES string of the molecule is CC1(C)[C@]2(C)CC[C@]1(C(=O)N1CCN(c3cccc(Cl)c3)CC1)OC2=O. The normalized spacial score (nSPS) is 32.7. The molecule has 0 N–H and O–H groups in total. The van der Waals surface area contributed by atoms with E-state index >= 15 is 0 Å². The van der Waals surface area contributed by atoms with E-state index in [1.54, 1.807) is 0 Å². The Labute approximate surface area is 159 Å². The first-order valence-corrected chi connectivity index (χ1v) is 9.62. The van der Waals surface area contributed by atoms with E-state index in [-0.39, 0.29) is 11.9 Å². The van der Waals surface area contributed by atoms with Gasteiger partial charge in [-0.05, 0) is 38.0 Å². The van der Waals surface area contributed by atoms with Crippen molar-refractivity contribution in [1.82, 2.24) is 4.90 Å². The molecule has 2 saturated heterocycles. The van der Waals surface area contributed by atoms with Gasteiger partial charge in [0, 0.05) is 42.3 Å². The first kappa shape index (κ1) is 17.7. The molecule has 2 bridgehead atoms. The Kier molecular flexibility index (Phi) is 3.82. The molecule has 1 aromatic carbocycles. The lowest BCUT2D eigenvalue weighted by atomic mass is 9.66. The van der Waals surface area contributed by atoms with Gasteiger partial charge in [0.2, 0.25) is 0 Å². The van der Waals surface area contributed by atoms with Crippen molar-refractivity contribution in [2.45, 2.75) is 39.2 Å². The molecule has 0 spiro atoms. The van der Waals surface area contributed by atoms with Crippen molar-refractivity contribution in [2.75, 3.05) is 31.1 Å². The second-order valence-electron chi connectivity index (χ2n) is 8.43. The third-order valence-electron chi connectivity index (χ3n) is 7.17. The van der Waals surface area contributed by atoms with Crippen LogP contribution in [-0.2, 0) is 14.3 Å². The van der Waals surface area contributed by atoms with E-state index < -0.39 is 16.4 Å². The van der Waals surface area contributed by atoms with Crippen LogP contribution in [0.2, 0.25) is 5.02 Å². The predicted molar refractivity (Wildman–Crippen MR) is 100 cm³/mol. The number of nitrogens with zero attached hydrogens (tertiary/aromatic N) is 2. The van der Waals surface area contributed by atoms with Crippen LogP contribution in [0.5, 0.6) is 0 Å². The Morgan fingerprint density at radius 1 is 1.12 bits per heavy atom. The highest BCUT2D eigenvalue weighted by Crippen LogP contribution is 2.65. The number of ether oxygens (including phenoxy) is 1. The largest absolute Gasteiger partial charge is 0.448 e. The van der Waals surface area contributed by atoms with Crippen LogP contribution in [0.1, 0.15) is 33.6 Å². The first-order chi connectivity index (χ1) is 12.2. The highest BCUT2D eigenvalue weighted by molar-refractivity contribution is 6.30. The number of hydrogen-bond acceptors (Lipinski definition) is 4. The highest BCUT2D eigenvalue weighted by Gasteiger charge is 2.76. The van der Waals surface area contributed by atoms with Gasteiger partial charge < -0.3 is 14.5 Å². The summed E-state index contributed by atoms with van der Waals surface area (Å²) in [6, 6.07) is 7.78. The van der Waals surface area contributed by atoms with Crippen molar-refractivity contribution < 1.29 is 14.3 Å². The van der Waals surface area contributed by atoms with Gasteiger partial charge in [0.1, 0.15) is 0 Å². The van der Waals surface area contributed by atoms with Crippen LogP contribution in [0.25, 0.3) is 0 Å². The number of carbonyl (C=O) groups excluding carboxylic acids is 2. The molecule has 26 heavy (non-hydrogen) atoms. The topological polar surface area (TPSA) is 49.9 Å². The number of esters is 1. The van der Waals surface area contributed by atoms with Gasteiger partial charge in [-0.1, -0.05) is 31.5 Å².